The molecule has 1 fully saturated rings. The zero-order chi connectivity index (χ0) is 14.7. The van der Waals surface area contributed by atoms with Crippen LogP contribution in [0.4, 0.5) is 0 Å². The monoisotopic (exact) mass is 281 g/mol. The molecule has 1 heteroatoms. The van der Waals surface area contributed by atoms with Crippen LogP contribution in [-0.4, -0.2) is 12.6 Å². The van der Waals surface area contributed by atoms with Crippen molar-refractivity contribution in [3.05, 3.63) is 0 Å². The van der Waals surface area contributed by atoms with Gasteiger partial charge in [0.05, 0.1) is 0 Å². The van der Waals surface area contributed by atoms with E-state index in [-0.39, 0.29) is 0 Å². The Bertz CT molecular complexity index is 218. The number of hydrogen-bond donors (Lipinski definition) is 1. The van der Waals surface area contributed by atoms with E-state index >= 15 is 0 Å². The fourth-order valence-corrected chi connectivity index (χ4v) is 3.85. The van der Waals surface area contributed by atoms with Crippen molar-refractivity contribution in [1.82, 2.24) is 5.32 Å². The first-order valence-corrected chi connectivity index (χ1v) is 9.46. The molecule has 1 aliphatic carbocycles. The molecular formula is C19H39N. The fraction of sp³-hybridized carbons (Fsp3) is 1.00. The summed E-state index contributed by atoms with van der Waals surface area (Å²) >= 11 is 0. The predicted molar refractivity (Wildman–Crippen MR) is 91.3 cm³/mol. The van der Waals surface area contributed by atoms with Gasteiger partial charge in [-0.25, -0.2) is 0 Å². The lowest BCUT2D eigenvalue weighted by Gasteiger charge is -2.41. The molecule has 20 heavy (non-hydrogen) atoms. The summed E-state index contributed by atoms with van der Waals surface area (Å²) < 4.78 is 0. The van der Waals surface area contributed by atoms with Crippen LogP contribution in [0.3, 0.4) is 0 Å². The van der Waals surface area contributed by atoms with Crippen molar-refractivity contribution in [1.29, 1.82) is 0 Å². The van der Waals surface area contributed by atoms with Gasteiger partial charge in [-0.3, -0.25) is 0 Å². The van der Waals surface area contributed by atoms with Gasteiger partial charge < -0.3 is 5.32 Å². The van der Waals surface area contributed by atoms with Crippen LogP contribution >= 0.6 is 0 Å². The highest BCUT2D eigenvalue weighted by Crippen LogP contribution is 2.40. The van der Waals surface area contributed by atoms with E-state index in [1.165, 1.54) is 90.0 Å². The Kier molecular flexibility index (Phi) is 9.59. The molecule has 1 rings (SSSR count). The van der Waals surface area contributed by atoms with Crippen molar-refractivity contribution in [2.24, 2.45) is 5.41 Å². The summed E-state index contributed by atoms with van der Waals surface area (Å²) in [6.45, 7) is 8.35. The molecular weight excluding hydrogens is 242 g/mol. The highest BCUT2D eigenvalue weighted by molar-refractivity contribution is 4.89. The second kappa shape index (κ2) is 10.7. The van der Waals surface area contributed by atoms with Crippen molar-refractivity contribution < 1.29 is 0 Å². The molecule has 0 radical (unpaired) electrons. The first kappa shape index (κ1) is 18.0. The van der Waals surface area contributed by atoms with Crippen molar-refractivity contribution in [3.8, 4) is 0 Å². The number of hydrogen-bond acceptors (Lipinski definition) is 1. The second-order valence-corrected chi connectivity index (χ2v) is 7.28. The summed E-state index contributed by atoms with van der Waals surface area (Å²) in [6, 6.07) is 0.772. The Hall–Kier alpha value is -0.0400. The van der Waals surface area contributed by atoms with Crippen LogP contribution < -0.4 is 5.32 Å². The molecule has 0 aromatic rings. The molecule has 0 saturated heterocycles. The normalized spacial score (nSPS) is 19.9. The highest BCUT2D eigenvalue weighted by atomic mass is 14.9. The van der Waals surface area contributed by atoms with Gasteiger partial charge in [0.25, 0.3) is 0 Å². The van der Waals surface area contributed by atoms with E-state index in [0.29, 0.717) is 5.41 Å². The molecule has 1 saturated carbocycles. The van der Waals surface area contributed by atoms with Crippen LogP contribution in [0.1, 0.15) is 104 Å². The van der Waals surface area contributed by atoms with E-state index in [1.807, 2.05) is 0 Å². The van der Waals surface area contributed by atoms with Crippen LogP contribution in [0.5, 0.6) is 0 Å². The van der Waals surface area contributed by atoms with Gasteiger partial charge in [0.1, 0.15) is 0 Å². The summed E-state index contributed by atoms with van der Waals surface area (Å²) in [7, 11) is 0. The zero-order valence-electron chi connectivity index (χ0n) is 14.5. The standard InChI is InChI=1S/C19H39N/c1-4-6-7-8-9-11-14-18(20-17-5-2)19(3)15-12-10-13-16-19/h18,20H,4-17H2,1-3H3. The van der Waals surface area contributed by atoms with Crippen LogP contribution in [-0.2, 0) is 0 Å². The fourth-order valence-electron chi connectivity index (χ4n) is 3.85. The smallest absolute Gasteiger partial charge is 0.0121 e. The Labute approximate surface area is 128 Å². The summed E-state index contributed by atoms with van der Waals surface area (Å²) in [5, 5.41) is 3.88. The molecule has 0 heterocycles. The predicted octanol–water partition coefficient (Wildman–Crippen LogP) is 6.08. The molecule has 1 N–H and O–H groups in total. The molecule has 0 aromatic heterocycles. The summed E-state index contributed by atoms with van der Waals surface area (Å²) in [6.07, 6.45) is 18.5. The van der Waals surface area contributed by atoms with Gasteiger partial charge in [-0.2, -0.15) is 0 Å². The molecule has 0 aliphatic heterocycles. The number of nitrogens with one attached hydrogen (secondary N) is 1. The topological polar surface area (TPSA) is 12.0 Å². The van der Waals surface area contributed by atoms with Gasteiger partial charge in [-0.1, -0.05) is 78.6 Å². The average molecular weight is 282 g/mol. The molecule has 120 valence electrons. The zero-order valence-corrected chi connectivity index (χ0v) is 14.5. The number of unbranched alkanes of at least 4 members (excludes halogenated alkanes) is 5. The summed E-state index contributed by atoms with van der Waals surface area (Å²) in [5.41, 5.74) is 0.580. The van der Waals surface area contributed by atoms with E-state index in [2.05, 4.69) is 26.1 Å². The third kappa shape index (κ3) is 6.61. The Morgan fingerprint density at radius 3 is 2.15 bits per heavy atom. The average Bonchev–Trinajstić information content (AvgIpc) is 2.46. The van der Waals surface area contributed by atoms with Gasteiger partial charge in [0.15, 0.2) is 0 Å². The van der Waals surface area contributed by atoms with Crippen LogP contribution in [0.15, 0.2) is 0 Å². The van der Waals surface area contributed by atoms with Crippen LogP contribution in [0.25, 0.3) is 0 Å². The van der Waals surface area contributed by atoms with Crippen molar-refractivity contribution in [2.75, 3.05) is 6.54 Å². The lowest BCUT2D eigenvalue weighted by atomic mass is 9.69. The molecule has 0 amide bonds. The van der Waals surface area contributed by atoms with E-state index < -0.39 is 0 Å². The number of rotatable bonds is 11. The van der Waals surface area contributed by atoms with Gasteiger partial charge in [-0.05, 0) is 37.6 Å². The first-order chi connectivity index (χ1) is 9.73. The van der Waals surface area contributed by atoms with E-state index in [0.717, 1.165) is 6.04 Å². The van der Waals surface area contributed by atoms with E-state index in [4.69, 9.17) is 0 Å². The van der Waals surface area contributed by atoms with Crippen molar-refractivity contribution in [2.45, 2.75) is 110 Å². The second-order valence-electron chi connectivity index (χ2n) is 7.28. The van der Waals surface area contributed by atoms with Crippen molar-refractivity contribution in [3.63, 3.8) is 0 Å². The summed E-state index contributed by atoms with van der Waals surface area (Å²) in [4.78, 5) is 0. The lowest BCUT2D eigenvalue weighted by molar-refractivity contribution is 0.135. The highest BCUT2D eigenvalue weighted by Gasteiger charge is 2.34. The Morgan fingerprint density at radius 1 is 0.850 bits per heavy atom. The molecule has 0 bridgehead atoms. The van der Waals surface area contributed by atoms with Gasteiger partial charge >= 0.3 is 0 Å². The minimum atomic E-state index is 0.580. The molecule has 0 aromatic carbocycles. The van der Waals surface area contributed by atoms with Crippen LogP contribution in [0.2, 0.25) is 0 Å². The lowest BCUT2D eigenvalue weighted by Crippen LogP contribution is -2.45. The van der Waals surface area contributed by atoms with Gasteiger partial charge in [0, 0.05) is 6.04 Å². The van der Waals surface area contributed by atoms with Gasteiger partial charge in [0.2, 0.25) is 0 Å². The maximum Gasteiger partial charge on any atom is 0.0121 e. The minimum Gasteiger partial charge on any atom is -0.313 e. The maximum atomic E-state index is 3.88. The van der Waals surface area contributed by atoms with E-state index in [1.54, 1.807) is 0 Å². The molecule has 0 spiro atoms. The largest absolute Gasteiger partial charge is 0.313 e. The van der Waals surface area contributed by atoms with Crippen molar-refractivity contribution >= 4 is 0 Å². The summed E-state index contributed by atoms with van der Waals surface area (Å²) in [5.74, 6) is 0. The van der Waals surface area contributed by atoms with Crippen LogP contribution in [0, 0.1) is 5.41 Å². The Morgan fingerprint density at radius 2 is 1.50 bits per heavy atom. The molecule has 1 unspecified atom stereocenters. The maximum absolute atomic E-state index is 3.88. The third-order valence-corrected chi connectivity index (χ3v) is 5.32. The third-order valence-electron chi connectivity index (χ3n) is 5.32. The minimum absolute atomic E-state index is 0.580. The van der Waals surface area contributed by atoms with E-state index in [9.17, 15) is 0 Å². The first-order valence-electron chi connectivity index (χ1n) is 9.46. The molecule has 1 aliphatic rings. The molecule has 1 nitrogen and oxygen atoms in total. The molecule has 1 atom stereocenters. The quantitative estimate of drug-likeness (QED) is 0.453. The van der Waals surface area contributed by atoms with Gasteiger partial charge in [-0.15, -0.1) is 0 Å². The SMILES string of the molecule is CCCCCCCCC(NCCC)C1(C)CCCCC1. The Balaban J connectivity index is 2.31.